The zero-order valence-electron chi connectivity index (χ0n) is 14.5. The van der Waals surface area contributed by atoms with E-state index in [0.29, 0.717) is 12.0 Å². The monoisotopic (exact) mass is 302 g/mol. The lowest BCUT2D eigenvalue weighted by Gasteiger charge is -2.14. The molecule has 0 aromatic rings. The first-order valence-corrected chi connectivity index (χ1v) is 8.63. The minimum absolute atomic E-state index is 0.0187. The lowest BCUT2D eigenvalue weighted by molar-refractivity contribution is -0.105. The molecule has 1 aliphatic carbocycles. The molecule has 0 aromatic heterocycles. The second-order valence-electron chi connectivity index (χ2n) is 7.30. The van der Waals surface area contributed by atoms with Crippen molar-refractivity contribution in [2.75, 3.05) is 0 Å². The molecule has 1 aliphatic heterocycles. The Labute approximate surface area is 135 Å². The van der Waals surface area contributed by atoms with Crippen LogP contribution in [0.4, 0.5) is 0 Å². The standard InChI is InChI=1S/C20H30O2/c1-15(2)18-10-8-16(3)6-5-7-17(14-21)9-11-19-20(4,22-19)13-12-18/h7-8,10,14-15,19H,5-6,9,11-13H2,1-4H3/b16-8+,17-7-,18-10+/t19-,20-/m0/s1. The lowest BCUT2D eigenvalue weighted by atomic mass is 9.90. The summed E-state index contributed by atoms with van der Waals surface area (Å²) in [5.74, 6) is 0.583. The quantitative estimate of drug-likeness (QED) is 0.521. The average molecular weight is 302 g/mol. The highest BCUT2D eigenvalue weighted by Gasteiger charge is 2.50. The van der Waals surface area contributed by atoms with Crippen molar-refractivity contribution in [1.29, 1.82) is 0 Å². The predicted molar refractivity (Wildman–Crippen MR) is 91.8 cm³/mol. The minimum Gasteiger partial charge on any atom is -0.366 e. The van der Waals surface area contributed by atoms with Crippen LogP contribution in [0.3, 0.4) is 0 Å². The number of carbonyl (C=O) groups is 1. The minimum atomic E-state index is 0.0187. The van der Waals surface area contributed by atoms with Crippen LogP contribution >= 0.6 is 0 Å². The van der Waals surface area contributed by atoms with Gasteiger partial charge < -0.3 is 4.74 Å². The molecule has 1 heterocycles. The highest BCUT2D eigenvalue weighted by Crippen LogP contribution is 2.44. The Kier molecular flexibility index (Phi) is 5.80. The van der Waals surface area contributed by atoms with Gasteiger partial charge in [0.1, 0.15) is 6.29 Å². The number of ether oxygens (including phenoxy) is 1. The number of epoxide rings is 1. The Morgan fingerprint density at radius 3 is 2.73 bits per heavy atom. The summed E-state index contributed by atoms with van der Waals surface area (Å²) in [7, 11) is 0. The fourth-order valence-corrected chi connectivity index (χ4v) is 3.16. The Bertz CT molecular complexity index is 496. The van der Waals surface area contributed by atoms with Crippen LogP contribution in [0.2, 0.25) is 0 Å². The molecule has 1 fully saturated rings. The summed E-state index contributed by atoms with van der Waals surface area (Å²) in [6.45, 7) is 8.93. The number of rotatable bonds is 2. The number of carbonyl (C=O) groups excluding carboxylic acids is 1. The van der Waals surface area contributed by atoms with Gasteiger partial charge in [-0.15, -0.1) is 0 Å². The average Bonchev–Trinajstić information content (AvgIpc) is 3.12. The molecule has 2 aliphatic rings. The van der Waals surface area contributed by atoms with Crippen LogP contribution in [0.15, 0.2) is 34.9 Å². The van der Waals surface area contributed by atoms with E-state index in [-0.39, 0.29) is 5.60 Å². The van der Waals surface area contributed by atoms with E-state index in [4.69, 9.17) is 4.74 Å². The Morgan fingerprint density at radius 2 is 2.05 bits per heavy atom. The van der Waals surface area contributed by atoms with Gasteiger partial charge in [-0.2, -0.15) is 0 Å². The molecule has 22 heavy (non-hydrogen) atoms. The number of hydrogen-bond acceptors (Lipinski definition) is 2. The van der Waals surface area contributed by atoms with Crippen molar-refractivity contribution >= 4 is 6.29 Å². The van der Waals surface area contributed by atoms with Gasteiger partial charge in [0, 0.05) is 0 Å². The molecule has 122 valence electrons. The maximum Gasteiger partial charge on any atom is 0.145 e. The van der Waals surface area contributed by atoms with Gasteiger partial charge >= 0.3 is 0 Å². The van der Waals surface area contributed by atoms with Crippen molar-refractivity contribution in [3.8, 4) is 0 Å². The van der Waals surface area contributed by atoms with Gasteiger partial charge in [-0.1, -0.05) is 43.2 Å². The molecule has 2 rings (SSSR count). The highest BCUT2D eigenvalue weighted by molar-refractivity contribution is 5.72. The van der Waals surface area contributed by atoms with Crippen molar-refractivity contribution in [2.45, 2.75) is 77.9 Å². The van der Waals surface area contributed by atoms with E-state index in [1.807, 2.05) is 0 Å². The molecule has 0 N–H and O–H groups in total. The van der Waals surface area contributed by atoms with E-state index in [2.05, 4.69) is 45.9 Å². The van der Waals surface area contributed by atoms with Gasteiger partial charge in [0.15, 0.2) is 0 Å². The highest BCUT2D eigenvalue weighted by atomic mass is 16.6. The molecule has 0 radical (unpaired) electrons. The van der Waals surface area contributed by atoms with Crippen LogP contribution in [0.25, 0.3) is 0 Å². The first-order chi connectivity index (χ1) is 10.4. The van der Waals surface area contributed by atoms with E-state index in [1.165, 1.54) is 11.1 Å². The van der Waals surface area contributed by atoms with Crippen LogP contribution in [0.1, 0.15) is 66.2 Å². The molecule has 2 nitrogen and oxygen atoms in total. The molecular weight excluding hydrogens is 272 g/mol. The topological polar surface area (TPSA) is 29.6 Å². The molecule has 1 saturated heterocycles. The van der Waals surface area contributed by atoms with Crippen LogP contribution in [0, 0.1) is 5.92 Å². The lowest BCUT2D eigenvalue weighted by Crippen LogP contribution is -2.11. The summed E-state index contributed by atoms with van der Waals surface area (Å²) < 4.78 is 5.94. The van der Waals surface area contributed by atoms with Crippen molar-refractivity contribution < 1.29 is 9.53 Å². The van der Waals surface area contributed by atoms with Crippen molar-refractivity contribution in [2.24, 2.45) is 5.92 Å². The first kappa shape index (κ1) is 17.2. The Hall–Kier alpha value is -1.15. The molecule has 0 spiro atoms. The molecule has 0 unspecified atom stereocenters. The summed E-state index contributed by atoms with van der Waals surface area (Å²) in [5.41, 5.74) is 3.84. The van der Waals surface area contributed by atoms with E-state index >= 15 is 0 Å². The van der Waals surface area contributed by atoms with E-state index in [0.717, 1.165) is 50.4 Å². The zero-order valence-corrected chi connectivity index (χ0v) is 14.5. The van der Waals surface area contributed by atoms with Crippen LogP contribution in [-0.4, -0.2) is 18.0 Å². The summed E-state index contributed by atoms with van der Waals surface area (Å²) >= 11 is 0. The normalized spacial score (nSPS) is 37.7. The summed E-state index contributed by atoms with van der Waals surface area (Å²) in [6, 6.07) is 0. The Morgan fingerprint density at radius 1 is 1.27 bits per heavy atom. The largest absolute Gasteiger partial charge is 0.366 e. The maximum absolute atomic E-state index is 11.2. The van der Waals surface area contributed by atoms with Crippen molar-refractivity contribution in [3.63, 3.8) is 0 Å². The third-order valence-electron chi connectivity index (χ3n) is 5.06. The molecule has 0 amide bonds. The third kappa shape index (κ3) is 4.67. The molecular formula is C20H30O2. The smallest absolute Gasteiger partial charge is 0.145 e. The fraction of sp³-hybridized carbons (Fsp3) is 0.650. The summed E-state index contributed by atoms with van der Waals surface area (Å²) in [4.78, 5) is 11.2. The zero-order chi connectivity index (χ0) is 16.2. The number of hydrogen-bond donors (Lipinski definition) is 0. The van der Waals surface area contributed by atoms with Crippen LogP contribution < -0.4 is 0 Å². The molecule has 0 aromatic carbocycles. The number of fused-ring (bicyclic) bond motifs is 1. The second-order valence-corrected chi connectivity index (χ2v) is 7.30. The predicted octanol–water partition coefficient (Wildman–Crippen LogP) is 5.15. The Balaban J connectivity index is 2.15. The molecule has 0 bridgehead atoms. The van der Waals surface area contributed by atoms with E-state index < -0.39 is 0 Å². The first-order valence-electron chi connectivity index (χ1n) is 8.63. The maximum atomic E-state index is 11.2. The van der Waals surface area contributed by atoms with Gasteiger partial charge in [0.2, 0.25) is 0 Å². The second kappa shape index (κ2) is 7.41. The van der Waals surface area contributed by atoms with Gasteiger partial charge in [0.25, 0.3) is 0 Å². The fourth-order valence-electron chi connectivity index (χ4n) is 3.16. The molecule has 2 heteroatoms. The van der Waals surface area contributed by atoms with E-state index in [9.17, 15) is 4.79 Å². The molecule has 2 atom stereocenters. The number of allylic oxidation sites excluding steroid dienone is 6. The third-order valence-corrected chi connectivity index (χ3v) is 5.06. The van der Waals surface area contributed by atoms with Gasteiger partial charge in [0.05, 0.1) is 11.7 Å². The van der Waals surface area contributed by atoms with Gasteiger partial charge in [-0.3, -0.25) is 4.79 Å². The van der Waals surface area contributed by atoms with Crippen molar-refractivity contribution in [3.05, 3.63) is 34.9 Å². The summed E-state index contributed by atoms with van der Waals surface area (Å²) in [6.07, 6.45) is 14.0. The van der Waals surface area contributed by atoms with Crippen molar-refractivity contribution in [1.82, 2.24) is 0 Å². The summed E-state index contributed by atoms with van der Waals surface area (Å²) in [5, 5.41) is 0. The SMILES string of the molecule is C/C1=C\C=C(\C(C)C)CC[C@]2(C)O[C@H]2CC/C(C=O)=C/CC1. The van der Waals surface area contributed by atoms with E-state index in [1.54, 1.807) is 0 Å². The number of aldehydes is 1. The van der Waals surface area contributed by atoms with Gasteiger partial charge in [-0.25, -0.2) is 0 Å². The van der Waals surface area contributed by atoms with Crippen LogP contribution in [0.5, 0.6) is 0 Å². The van der Waals surface area contributed by atoms with Gasteiger partial charge in [-0.05, 0) is 63.9 Å². The molecule has 0 saturated carbocycles. The van der Waals surface area contributed by atoms with Crippen LogP contribution in [-0.2, 0) is 9.53 Å².